The molecule has 0 unspecified atom stereocenters. The second-order valence-electron chi connectivity index (χ2n) is 9.08. The Morgan fingerprint density at radius 3 is 2.74 bits per heavy atom. The molecule has 2 saturated heterocycles. The van der Waals surface area contributed by atoms with Crippen LogP contribution in [-0.4, -0.2) is 85.3 Å². The zero-order chi connectivity index (χ0) is 21.8. The fourth-order valence-corrected chi connectivity index (χ4v) is 5.60. The molecule has 2 aliphatic heterocycles. The van der Waals surface area contributed by atoms with Gasteiger partial charge in [0.1, 0.15) is 5.82 Å². The van der Waals surface area contributed by atoms with Gasteiger partial charge in [-0.3, -0.25) is 14.5 Å². The van der Waals surface area contributed by atoms with Crippen LogP contribution in [0.25, 0.3) is 0 Å². The van der Waals surface area contributed by atoms with Crippen LogP contribution in [0, 0.1) is 11.3 Å². The number of Topliss-reactive ketones (excluding diaryl/α,β-unsaturated/α-hetero) is 1. The summed E-state index contributed by atoms with van der Waals surface area (Å²) in [6.45, 7) is 6.76. The van der Waals surface area contributed by atoms with Gasteiger partial charge in [-0.2, -0.15) is 0 Å². The van der Waals surface area contributed by atoms with Crippen molar-refractivity contribution in [3.8, 4) is 0 Å². The van der Waals surface area contributed by atoms with E-state index in [1.54, 1.807) is 6.20 Å². The lowest BCUT2D eigenvalue weighted by molar-refractivity contribution is -0.139. The number of ether oxygens (including phenoxy) is 1. The number of anilines is 1. The fourth-order valence-electron chi connectivity index (χ4n) is 5.60. The molecule has 3 heterocycles. The van der Waals surface area contributed by atoms with E-state index in [-0.39, 0.29) is 24.8 Å². The molecule has 8 heteroatoms. The van der Waals surface area contributed by atoms with Gasteiger partial charge in [0.05, 0.1) is 25.2 Å². The lowest BCUT2D eigenvalue weighted by atomic mass is 9.61. The SMILES string of the molecule is CC(=O)c1ccc(N2CC[C@@H]3C[C@@H](N4CCOCC4)CC[C@@]3(C(=O)NCCO)C2)nc1. The van der Waals surface area contributed by atoms with Gasteiger partial charge in [0, 0.05) is 50.5 Å². The smallest absolute Gasteiger partial charge is 0.228 e. The number of aromatic nitrogens is 1. The van der Waals surface area contributed by atoms with E-state index in [1.807, 2.05) is 12.1 Å². The summed E-state index contributed by atoms with van der Waals surface area (Å²) in [6, 6.07) is 4.20. The molecule has 1 aromatic rings. The standard InChI is InChI=1S/C23H34N4O4/c1-17(29)18-2-3-21(25-15-18)27-8-5-19-14-20(26-9-12-31-13-10-26)4-6-23(19,16-27)22(30)24-7-11-28/h2-3,15,19-20,28H,4-14,16H2,1H3,(H,24,30)/t19-,20+,23-/m1/s1. The molecular formula is C23H34N4O4. The van der Waals surface area contributed by atoms with Gasteiger partial charge in [-0.05, 0) is 50.7 Å². The van der Waals surface area contributed by atoms with Gasteiger partial charge in [0.2, 0.25) is 5.91 Å². The van der Waals surface area contributed by atoms with E-state index in [1.165, 1.54) is 6.92 Å². The number of nitrogens with one attached hydrogen (secondary N) is 1. The highest BCUT2D eigenvalue weighted by Crippen LogP contribution is 2.48. The van der Waals surface area contributed by atoms with Gasteiger partial charge >= 0.3 is 0 Å². The van der Waals surface area contributed by atoms with E-state index in [0.717, 1.165) is 64.3 Å². The van der Waals surface area contributed by atoms with Crippen LogP contribution in [0.2, 0.25) is 0 Å². The first-order valence-corrected chi connectivity index (χ1v) is 11.5. The number of hydrogen-bond acceptors (Lipinski definition) is 7. The first-order valence-electron chi connectivity index (χ1n) is 11.5. The number of pyridine rings is 1. The lowest BCUT2D eigenvalue weighted by Gasteiger charge is -2.53. The van der Waals surface area contributed by atoms with Crippen molar-refractivity contribution in [1.29, 1.82) is 0 Å². The summed E-state index contributed by atoms with van der Waals surface area (Å²) >= 11 is 0. The Kier molecular flexibility index (Phi) is 6.89. The maximum absolute atomic E-state index is 13.4. The number of amides is 1. The van der Waals surface area contributed by atoms with Crippen LogP contribution in [0.15, 0.2) is 18.3 Å². The number of aliphatic hydroxyl groups is 1. The van der Waals surface area contributed by atoms with Crippen molar-refractivity contribution in [2.24, 2.45) is 11.3 Å². The molecule has 1 saturated carbocycles. The first kappa shape index (κ1) is 22.2. The van der Waals surface area contributed by atoms with Crippen molar-refractivity contribution in [2.45, 2.75) is 38.6 Å². The van der Waals surface area contributed by atoms with Crippen LogP contribution >= 0.6 is 0 Å². The summed E-state index contributed by atoms with van der Waals surface area (Å²) in [6.07, 6.45) is 5.41. The van der Waals surface area contributed by atoms with Crippen LogP contribution in [0.3, 0.4) is 0 Å². The highest BCUT2D eigenvalue weighted by Gasteiger charge is 2.52. The number of carbonyl (C=O) groups is 2. The molecule has 0 aromatic carbocycles. The minimum absolute atomic E-state index is 0.000884. The van der Waals surface area contributed by atoms with Crippen molar-refractivity contribution in [3.05, 3.63) is 23.9 Å². The molecule has 8 nitrogen and oxygen atoms in total. The Morgan fingerprint density at radius 2 is 2.06 bits per heavy atom. The normalized spacial score (nSPS) is 29.3. The Bertz CT molecular complexity index is 780. The maximum atomic E-state index is 13.4. The Hall–Kier alpha value is -2.03. The predicted octanol–water partition coefficient (Wildman–Crippen LogP) is 1.09. The van der Waals surface area contributed by atoms with Crippen LogP contribution in [0.5, 0.6) is 0 Å². The molecule has 4 rings (SSSR count). The number of morpholine rings is 1. The fraction of sp³-hybridized carbons (Fsp3) is 0.696. The molecule has 0 spiro atoms. The summed E-state index contributed by atoms with van der Waals surface area (Å²) in [5, 5.41) is 12.2. The Morgan fingerprint density at radius 1 is 1.26 bits per heavy atom. The highest BCUT2D eigenvalue weighted by atomic mass is 16.5. The zero-order valence-electron chi connectivity index (χ0n) is 18.4. The van der Waals surface area contributed by atoms with Gasteiger partial charge in [-0.1, -0.05) is 0 Å². The molecule has 2 N–H and O–H groups in total. The number of piperidine rings is 1. The molecule has 0 bridgehead atoms. The van der Waals surface area contributed by atoms with Crippen molar-refractivity contribution < 1.29 is 19.4 Å². The number of carbonyl (C=O) groups excluding carboxylic acids is 2. The molecule has 3 aliphatic rings. The number of hydrogen-bond donors (Lipinski definition) is 2. The van der Waals surface area contributed by atoms with Gasteiger partial charge in [0.15, 0.2) is 5.78 Å². The second-order valence-corrected chi connectivity index (χ2v) is 9.08. The molecule has 1 amide bonds. The van der Waals surface area contributed by atoms with Crippen molar-refractivity contribution >= 4 is 17.5 Å². The summed E-state index contributed by atoms with van der Waals surface area (Å²) in [4.78, 5) is 34.2. The molecule has 170 valence electrons. The summed E-state index contributed by atoms with van der Waals surface area (Å²) in [7, 11) is 0. The number of nitrogens with zero attached hydrogens (tertiary/aromatic N) is 3. The topological polar surface area (TPSA) is 95.0 Å². The third-order valence-corrected chi connectivity index (χ3v) is 7.37. The van der Waals surface area contributed by atoms with Crippen molar-refractivity contribution in [2.75, 3.05) is 57.4 Å². The number of aliphatic hydroxyl groups excluding tert-OH is 1. The number of ketones is 1. The quantitative estimate of drug-likeness (QED) is 0.653. The average Bonchev–Trinajstić information content (AvgIpc) is 2.82. The first-order chi connectivity index (χ1) is 15.0. The third-order valence-electron chi connectivity index (χ3n) is 7.37. The molecular weight excluding hydrogens is 396 g/mol. The van der Waals surface area contributed by atoms with Gasteiger partial charge in [-0.25, -0.2) is 4.98 Å². The van der Waals surface area contributed by atoms with E-state index in [9.17, 15) is 14.7 Å². The molecule has 1 aromatic heterocycles. The molecule has 3 atom stereocenters. The average molecular weight is 431 g/mol. The van der Waals surface area contributed by atoms with E-state index >= 15 is 0 Å². The minimum Gasteiger partial charge on any atom is -0.395 e. The Balaban J connectivity index is 1.53. The predicted molar refractivity (Wildman–Crippen MR) is 117 cm³/mol. The van der Waals surface area contributed by atoms with Crippen LogP contribution in [0.1, 0.15) is 43.0 Å². The van der Waals surface area contributed by atoms with Gasteiger partial charge in [0.25, 0.3) is 0 Å². The monoisotopic (exact) mass is 430 g/mol. The van der Waals surface area contributed by atoms with E-state index in [0.29, 0.717) is 24.1 Å². The van der Waals surface area contributed by atoms with E-state index in [2.05, 4.69) is 20.1 Å². The minimum atomic E-state index is -0.475. The van der Waals surface area contributed by atoms with Crippen molar-refractivity contribution in [3.63, 3.8) is 0 Å². The van der Waals surface area contributed by atoms with Crippen LogP contribution in [-0.2, 0) is 9.53 Å². The zero-order valence-corrected chi connectivity index (χ0v) is 18.4. The molecule has 0 radical (unpaired) electrons. The Labute approximate surface area is 184 Å². The summed E-state index contributed by atoms with van der Waals surface area (Å²) in [5.41, 5.74) is 0.122. The molecule has 31 heavy (non-hydrogen) atoms. The van der Waals surface area contributed by atoms with Crippen LogP contribution in [0.4, 0.5) is 5.82 Å². The largest absolute Gasteiger partial charge is 0.395 e. The van der Waals surface area contributed by atoms with Gasteiger partial charge in [-0.15, -0.1) is 0 Å². The lowest BCUT2D eigenvalue weighted by Crippen LogP contribution is -2.61. The van der Waals surface area contributed by atoms with Gasteiger partial charge < -0.3 is 20.1 Å². The third kappa shape index (κ3) is 4.61. The van der Waals surface area contributed by atoms with Crippen LogP contribution < -0.4 is 10.2 Å². The highest BCUT2D eigenvalue weighted by molar-refractivity contribution is 5.93. The van der Waals surface area contributed by atoms with E-state index < -0.39 is 5.41 Å². The number of fused-ring (bicyclic) bond motifs is 1. The maximum Gasteiger partial charge on any atom is 0.228 e. The van der Waals surface area contributed by atoms with Crippen molar-refractivity contribution in [1.82, 2.24) is 15.2 Å². The number of rotatable bonds is 6. The summed E-state index contributed by atoms with van der Waals surface area (Å²) in [5.74, 6) is 1.17. The summed E-state index contributed by atoms with van der Waals surface area (Å²) < 4.78 is 5.52. The second kappa shape index (κ2) is 9.63. The molecule has 3 fully saturated rings. The molecule has 1 aliphatic carbocycles. The van der Waals surface area contributed by atoms with E-state index in [4.69, 9.17) is 4.74 Å².